The maximum absolute atomic E-state index is 12.2. The summed E-state index contributed by atoms with van der Waals surface area (Å²) in [6, 6.07) is 2.97. The Balaban J connectivity index is 1.74. The monoisotopic (exact) mass is 333 g/mol. The van der Waals surface area contributed by atoms with Gasteiger partial charge in [0.1, 0.15) is 4.83 Å². The summed E-state index contributed by atoms with van der Waals surface area (Å²) in [7, 11) is 0. The van der Waals surface area contributed by atoms with E-state index in [2.05, 4.69) is 28.7 Å². The predicted molar refractivity (Wildman–Crippen MR) is 91.6 cm³/mol. The lowest BCUT2D eigenvalue weighted by Crippen LogP contribution is -2.34. The van der Waals surface area contributed by atoms with Crippen LogP contribution in [0.15, 0.2) is 45.8 Å². The summed E-state index contributed by atoms with van der Waals surface area (Å²) in [6.07, 6.45) is 9.93. The molecule has 0 spiro atoms. The Morgan fingerprint density at radius 2 is 2.41 bits per heavy atom. The van der Waals surface area contributed by atoms with Crippen molar-refractivity contribution in [1.82, 2.24) is 14.3 Å². The molecule has 1 N–H and O–H groups in total. The number of rotatable bonds is 3. The van der Waals surface area contributed by atoms with Crippen LogP contribution in [0.2, 0.25) is 0 Å². The zero-order chi connectivity index (χ0) is 15.5. The Morgan fingerprint density at radius 1 is 1.55 bits per heavy atom. The van der Waals surface area contributed by atoms with E-state index >= 15 is 0 Å². The van der Waals surface area contributed by atoms with Gasteiger partial charge in [0.25, 0.3) is 5.56 Å². The van der Waals surface area contributed by atoms with E-state index in [1.807, 2.05) is 0 Å². The number of nitrogens with zero attached hydrogens (tertiary/aromatic N) is 2. The number of thioether (sulfide) groups is 1. The molecule has 114 valence electrons. The summed E-state index contributed by atoms with van der Waals surface area (Å²) in [5, 5.41) is 3.28. The highest BCUT2D eigenvalue weighted by Crippen LogP contribution is 2.24. The summed E-state index contributed by atoms with van der Waals surface area (Å²) in [5.74, 6) is 0. The minimum atomic E-state index is -0.404. The highest BCUT2D eigenvalue weighted by Gasteiger charge is 2.14. The minimum absolute atomic E-state index is 0.316. The first-order chi connectivity index (χ1) is 10.7. The van der Waals surface area contributed by atoms with Gasteiger partial charge in [-0.1, -0.05) is 6.08 Å². The van der Waals surface area contributed by atoms with Gasteiger partial charge < -0.3 is 5.32 Å². The molecule has 0 aromatic carbocycles. The van der Waals surface area contributed by atoms with Crippen molar-refractivity contribution in [2.45, 2.75) is 12.8 Å². The lowest BCUT2D eigenvalue weighted by atomic mass is 10.1. The second-order valence-corrected chi connectivity index (χ2v) is 6.71. The van der Waals surface area contributed by atoms with Crippen molar-refractivity contribution in [2.24, 2.45) is 0 Å². The summed E-state index contributed by atoms with van der Waals surface area (Å²) in [6.45, 7) is 0.428. The smallest absolute Gasteiger partial charge is 0.333 e. The van der Waals surface area contributed by atoms with Crippen molar-refractivity contribution in [3.8, 4) is 0 Å². The van der Waals surface area contributed by atoms with E-state index < -0.39 is 6.03 Å². The van der Waals surface area contributed by atoms with E-state index in [-0.39, 0.29) is 5.56 Å². The molecule has 0 saturated carbocycles. The van der Waals surface area contributed by atoms with E-state index in [1.165, 1.54) is 4.91 Å². The molecule has 1 aliphatic rings. The van der Waals surface area contributed by atoms with Crippen LogP contribution in [0.5, 0.6) is 0 Å². The average Bonchev–Trinajstić information content (AvgIpc) is 2.90. The van der Waals surface area contributed by atoms with Crippen LogP contribution in [0.25, 0.3) is 10.2 Å². The number of carbonyl (C=O) groups is 1. The first kappa shape index (κ1) is 15.1. The molecular weight excluding hydrogens is 318 g/mol. The molecule has 0 aliphatic heterocycles. The standard InChI is InChI=1S/C15H15N3O2S2/c1-21-11-5-2-4-10(8-11)9-17-15(20)18-14(19)12-6-3-7-16-13(12)22-18/h3-4,6-8H,2,5,9H2,1H3,(H,17,20). The Kier molecular flexibility index (Phi) is 4.44. The van der Waals surface area contributed by atoms with E-state index in [4.69, 9.17) is 0 Å². The fourth-order valence-electron chi connectivity index (χ4n) is 2.27. The largest absolute Gasteiger partial charge is 0.338 e. The number of carbonyl (C=O) groups excluding carboxylic acids is 1. The number of amides is 1. The van der Waals surface area contributed by atoms with Gasteiger partial charge in [-0.05, 0) is 59.3 Å². The lowest BCUT2D eigenvalue weighted by Gasteiger charge is -2.12. The van der Waals surface area contributed by atoms with Crippen LogP contribution in [0.1, 0.15) is 12.8 Å². The quantitative estimate of drug-likeness (QED) is 0.938. The molecule has 3 rings (SSSR count). The third-order valence-electron chi connectivity index (χ3n) is 3.40. The predicted octanol–water partition coefficient (Wildman–Crippen LogP) is 2.98. The molecule has 22 heavy (non-hydrogen) atoms. The first-order valence-corrected chi connectivity index (χ1v) is 8.87. The summed E-state index contributed by atoms with van der Waals surface area (Å²) in [4.78, 5) is 30.4. The van der Waals surface area contributed by atoms with Gasteiger partial charge in [-0.2, -0.15) is 3.96 Å². The lowest BCUT2D eigenvalue weighted by molar-refractivity contribution is 0.244. The highest BCUT2D eigenvalue weighted by atomic mass is 32.2. The maximum Gasteiger partial charge on any atom is 0.338 e. The van der Waals surface area contributed by atoms with Crippen molar-refractivity contribution >= 4 is 39.5 Å². The molecule has 0 atom stereocenters. The van der Waals surface area contributed by atoms with Gasteiger partial charge in [-0.15, -0.1) is 11.8 Å². The number of hydrogen-bond donors (Lipinski definition) is 1. The molecule has 0 fully saturated rings. The third kappa shape index (κ3) is 3.00. The number of fused-ring (bicyclic) bond motifs is 1. The summed E-state index contributed by atoms with van der Waals surface area (Å²) < 4.78 is 1.13. The van der Waals surface area contributed by atoms with Gasteiger partial charge >= 0.3 is 6.03 Å². The molecule has 0 bridgehead atoms. The number of allylic oxidation sites excluding steroid dienone is 2. The van der Waals surface area contributed by atoms with Gasteiger partial charge in [-0.3, -0.25) is 4.79 Å². The molecule has 2 aromatic rings. The molecule has 2 heterocycles. The Morgan fingerprint density at radius 3 is 3.18 bits per heavy atom. The molecule has 0 unspecified atom stereocenters. The Labute approximate surface area is 135 Å². The van der Waals surface area contributed by atoms with Crippen LogP contribution in [0.4, 0.5) is 4.79 Å². The molecular formula is C15H15N3O2S2. The normalized spacial score (nSPS) is 14.6. The second kappa shape index (κ2) is 6.50. The van der Waals surface area contributed by atoms with Crippen LogP contribution in [-0.4, -0.2) is 27.8 Å². The zero-order valence-corrected chi connectivity index (χ0v) is 13.7. The van der Waals surface area contributed by atoms with Crippen LogP contribution in [0, 0.1) is 0 Å². The van der Waals surface area contributed by atoms with Gasteiger partial charge in [0.15, 0.2) is 0 Å². The molecule has 0 saturated heterocycles. The topological polar surface area (TPSA) is 64.0 Å². The van der Waals surface area contributed by atoms with Crippen LogP contribution >= 0.6 is 23.3 Å². The molecule has 5 nitrogen and oxygen atoms in total. The first-order valence-electron chi connectivity index (χ1n) is 6.88. The summed E-state index contributed by atoms with van der Waals surface area (Å²) >= 11 is 2.80. The van der Waals surface area contributed by atoms with Crippen molar-refractivity contribution in [2.75, 3.05) is 12.8 Å². The third-order valence-corrected chi connectivity index (χ3v) is 5.26. The van der Waals surface area contributed by atoms with E-state index in [1.54, 1.807) is 30.1 Å². The Bertz CT molecular complexity index is 833. The summed E-state index contributed by atoms with van der Waals surface area (Å²) in [5.41, 5.74) is 0.764. The van der Waals surface area contributed by atoms with Gasteiger partial charge in [0.05, 0.1) is 5.39 Å². The van der Waals surface area contributed by atoms with Crippen molar-refractivity contribution in [3.63, 3.8) is 0 Å². The number of aromatic nitrogens is 2. The van der Waals surface area contributed by atoms with E-state index in [0.717, 1.165) is 33.9 Å². The fraction of sp³-hybridized carbons (Fsp3) is 0.267. The molecule has 1 aliphatic carbocycles. The van der Waals surface area contributed by atoms with Crippen molar-refractivity contribution in [1.29, 1.82) is 0 Å². The number of hydrogen-bond acceptors (Lipinski definition) is 5. The van der Waals surface area contributed by atoms with E-state index in [0.29, 0.717) is 16.8 Å². The van der Waals surface area contributed by atoms with Crippen LogP contribution < -0.4 is 10.9 Å². The molecule has 0 radical (unpaired) electrons. The average molecular weight is 333 g/mol. The van der Waals surface area contributed by atoms with Crippen molar-refractivity contribution < 1.29 is 4.79 Å². The molecule has 2 aromatic heterocycles. The van der Waals surface area contributed by atoms with Crippen LogP contribution in [-0.2, 0) is 0 Å². The minimum Gasteiger partial charge on any atom is -0.333 e. The zero-order valence-electron chi connectivity index (χ0n) is 12.0. The van der Waals surface area contributed by atoms with Gasteiger partial charge in [0, 0.05) is 12.7 Å². The molecule has 7 heteroatoms. The molecule has 1 amide bonds. The second-order valence-electron chi connectivity index (χ2n) is 4.84. The number of nitrogens with one attached hydrogen (secondary N) is 1. The van der Waals surface area contributed by atoms with Crippen LogP contribution in [0.3, 0.4) is 0 Å². The van der Waals surface area contributed by atoms with Gasteiger partial charge in [0.2, 0.25) is 0 Å². The van der Waals surface area contributed by atoms with Gasteiger partial charge in [-0.25, -0.2) is 9.78 Å². The Hall–Kier alpha value is -1.86. The number of pyridine rings is 1. The maximum atomic E-state index is 12.2. The van der Waals surface area contributed by atoms with E-state index in [9.17, 15) is 9.59 Å². The van der Waals surface area contributed by atoms with Crippen molar-refractivity contribution in [3.05, 3.63) is 51.3 Å². The fourth-order valence-corrected chi connectivity index (χ4v) is 3.72. The SMILES string of the molecule is CSC1=CC(CNC(=O)n2sc3ncccc3c2=O)=CCC1. The highest BCUT2D eigenvalue weighted by molar-refractivity contribution is 8.02.